The van der Waals surface area contributed by atoms with Gasteiger partial charge in [-0.05, 0) is 43.9 Å². The Balaban J connectivity index is 2.23. The largest absolute Gasteiger partial charge is 0.495 e. The van der Waals surface area contributed by atoms with Gasteiger partial charge in [0.15, 0.2) is 0 Å². The number of nitrogens with two attached hydrogens (primary N) is 1. The molecule has 110 valence electrons. The van der Waals surface area contributed by atoms with E-state index < -0.39 is 0 Å². The second kappa shape index (κ2) is 6.75. The van der Waals surface area contributed by atoms with Crippen LogP contribution < -0.4 is 15.4 Å². The van der Waals surface area contributed by atoms with Crippen LogP contribution in [-0.2, 0) is 4.79 Å². The third kappa shape index (κ3) is 3.31. The first-order valence-corrected chi connectivity index (χ1v) is 7.33. The van der Waals surface area contributed by atoms with E-state index in [-0.39, 0.29) is 11.8 Å². The Kier molecular flexibility index (Phi) is 5.01. The summed E-state index contributed by atoms with van der Waals surface area (Å²) in [6, 6.07) is 7.67. The molecule has 1 unspecified atom stereocenters. The maximum atomic E-state index is 12.7. The van der Waals surface area contributed by atoms with Crippen molar-refractivity contribution in [1.82, 2.24) is 0 Å². The number of ether oxygens (including phenoxy) is 1. The van der Waals surface area contributed by atoms with Crippen molar-refractivity contribution in [3.05, 3.63) is 24.3 Å². The molecule has 2 N–H and O–H groups in total. The predicted molar refractivity (Wildman–Crippen MR) is 80.9 cm³/mol. The van der Waals surface area contributed by atoms with Crippen LogP contribution in [0.1, 0.15) is 26.2 Å². The van der Waals surface area contributed by atoms with Gasteiger partial charge in [0.1, 0.15) is 5.75 Å². The number of nitrogens with zero attached hydrogens (tertiary/aromatic N) is 1. The average Bonchev–Trinajstić information content (AvgIpc) is 3.31. The molecule has 1 fully saturated rings. The fourth-order valence-electron chi connectivity index (χ4n) is 2.50. The van der Waals surface area contributed by atoms with E-state index in [9.17, 15) is 4.79 Å². The highest BCUT2D eigenvalue weighted by Crippen LogP contribution is 2.39. The summed E-state index contributed by atoms with van der Waals surface area (Å²) in [4.78, 5) is 14.6. The summed E-state index contributed by atoms with van der Waals surface area (Å²) in [7, 11) is 1.63. The van der Waals surface area contributed by atoms with Gasteiger partial charge < -0.3 is 15.4 Å². The predicted octanol–water partition coefficient (Wildman–Crippen LogP) is 2.42. The van der Waals surface area contributed by atoms with Gasteiger partial charge in [0.25, 0.3) is 0 Å². The lowest BCUT2D eigenvalue weighted by Crippen LogP contribution is -2.37. The molecule has 0 spiro atoms. The van der Waals surface area contributed by atoms with Crippen molar-refractivity contribution in [1.29, 1.82) is 0 Å². The van der Waals surface area contributed by atoms with Gasteiger partial charge in [-0.15, -0.1) is 0 Å². The molecule has 1 saturated carbocycles. The molecule has 1 aliphatic rings. The van der Waals surface area contributed by atoms with E-state index >= 15 is 0 Å². The lowest BCUT2D eigenvalue weighted by Gasteiger charge is -2.27. The number of methoxy groups -OCH3 is 1. The first kappa shape index (κ1) is 14.9. The molecule has 1 aliphatic carbocycles. The maximum absolute atomic E-state index is 12.7. The molecule has 0 radical (unpaired) electrons. The van der Waals surface area contributed by atoms with Crippen molar-refractivity contribution in [3.63, 3.8) is 0 Å². The lowest BCUT2D eigenvalue weighted by atomic mass is 10.0. The summed E-state index contributed by atoms with van der Waals surface area (Å²) in [5.41, 5.74) is 6.45. The highest BCUT2D eigenvalue weighted by atomic mass is 16.5. The van der Waals surface area contributed by atoms with Gasteiger partial charge in [0.05, 0.1) is 12.8 Å². The van der Waals surface area contributed by atoms with Crippen molar-refractivity contribution >= 4 is 11.6 Å². The normalized spacial score (nSPS) is 15.8. The number of anilines is 1. The number of para-hydroxylation sites is 2. The van der Waals surface area contributed by atoms with E-state index in [4.69, 9.17) is 10.5 Å². The molecular formula is C16H24N2O2. The van der Waals surface area contributed by atoms with Crippen LogP contribution in [0.3, 0.4) is 0 Å². The van der Waals surface area contributed by atoms with Gasteiger partial charge in [-0.2, -0.15) is 0 Å². The number of hydrogen-bond acceptors (Lipinski definition) is 3. The molecule has 4 nitrogen and oxygen atoms in total. The minimum Gasteiger partial charge on any atom is -0.495 e. The summed E-state index contributed by atoms with van der Waals surface area (Å²) in [6.07, 6.45) is 3.13. The van der Waals surface area contributed by atoms with E-state index in [1.54, 1.807) is 7.11 Å². The van der Waals surface area contributed by atoms with Crippen LogP contribution in [0, 0.1) is 11.8 Å². The summed E-state index contributed by atoms with van der Waals surface area (Å²) in [5.74, 6) is 1.56. The van der Waals surface area contributed by atoms with Crippen molar-refractivity contribution < 1.29 is 9.53 Å². The average molecular weight is 276 g/mol. The zero-order valence-corrected chi connectivity index (χ0v) is 12.3. The maximum Gasteiger partial charge on any atom is 0.230 e. The van der Waals surface area contributed by atoms with Gasteiger partial charge in [0.2, 0.25) is 5.91 Å². The number of rotatable bonds is 7. The van der Waals surface area contributed by atoms with E-state index in [1.165, 1.54) is 12.8 Å². The summed E-state index contributed by atoms with van der Waals surface area (Å²) >= 11 is 0. The second-order valence-electron chi connectivity index (χ2n) is 5.43. The smallest absolute Gasteiger partial charge is 0.230 e. The molecule has 0 aromatic heterocycles. The lowest BCUT2D eigenvalue weighted by molar-refractivity contribution is -0.122. The van der Waals surface area contributed by atoms with Gasteiger partial charge in [-0.1, -0.05) is 19.1 Å². The standard InChI is InChI=1S/C16H24N2O2/c1-12(13-8-9-13)16(19)18(11-5-10-17)14-6-3-4-7-15(14)20-2/h3-4,6-7,12-13H,5,8-11,17H2,1-2H3. The Labute approximate surface area is 120 Å². The van der Waals surface area contributed by atoms with Crippen LogP contribution >= 0.6 is 0 Å². The Morgan fingerprint density at radius 3 is 2.75 bits per heavy atom. The number of benzene rings is 1. The molecule has 1 aromatic rings. The fraction of sp³-hybridized carbons (Fsp3) is 0.562. The van der Waals surface area contributed by atoms with E-state index in [0.717, 1.165) is 17.9 Å². The SMILES string of the molecule is COc1ccccc1N(CCCN)C(=O)C(C)C1CC1. The first-order valence-electron chi connectivity index (χ1n) is 7.33. The monoisotopic (exact) mass is 276 g/mol. The molecule has 0 bridgehead atoms. The van der Waals surface area contributed by atoms with Gasteiger partial charge in [-0.25, -0.2) is 0 Å². The number of carbonyl (C=O) groups excluding carboxylic acids is 1. The number of amides is 1. The minimum atomic E-state index is 0.0812. The summed E-state index contributed by atoms with van der Waals surface area (Å²) in [6.45, 7) is 3.26. The Morgan fingerprint density at radius 1 is 1.45 bits per heavy atom. The second-order valence-corrected chi connectivity index (χ2v) is 5.43. The highest BCUT2D eigenvalue weighted by molar-refractivity contribution is 5.96. The first-order chi connectivity index (χ1) is 9.69. The molecule has 1 amide bonds. The molecule has 1 aromatic carbocycles. The van der Waals surface area contributed by atoms with E-state index in [1.807, 2.05) is 36.1 Å². The van der Waals surface area contributed by atoms with Crippen molar-refractivity contribution in [3.8, 4) is 5.75 Å². The van der Waals surface area contributed by atoms with E-state index in [0.29, 0.717) is 19.0 Å². The molecule has 20 heavy (non-hydrogen) atoms. The quantitative estimate of drug-likeness (QED) is 0.832. The highest BCUT2D eigenvalue weighted by Gasteiger charge is 2.35. The Bertz CT molecular complexity index is 458. The van der Waals surface area contributed by atoms with Crippen molar-refractivity contribution in [2.75, 3.05) is 25.1 Å². The molecule has 2 rings (SSSR count). The van der Waals surface area contributed by atoms with Gasteiger partial charge in [-0.3, -0.25) is 4.79 Å². The topological polar surface area (TPSA) is 55.6 Å². The molecule has 0 aliphatic heterocycles. The minimum absolute atomic E-state index is 0.0812. The zero-order valence-electron chi connectivity index (χ0n) is 12.3. The summed E-state index contributed by atoms with van der Waals surface area (Å²) in [5, 5.41) is 0. The van der Waals surface area contributed by atoms with Crippen LogP contribution in [0.4, 0.5) is 5.69 Å². The van der Waals surface area contributed by atoms with Crippen molar-refractivity contribution in [2.45, 2.75) is 26.2 Å². The Morgan fingerprint density at radius 2 is 2.15 bits per heavy atom. The third-order valence-corrected chi connectivity index (χ3v) is 3.95. The fourth-order valence-corrected chi connectivity index (χ4v) is 2.50. The molecular weight excluding hydrogens is 252 g/mol. The van der Waals surface area contributed by atoms with Crippen LogP contribution in [0.5, 0.6) is 5.75 Å². The molecule has 1 atom stereocenters. The number of hydrogen-bond donors (Lipinski definition) is 1. The summed E-state index contributed by atoms with van der Waals surface area (Å²) < 4.78 is 5.39. The van der Waals surface area contributed by atoms with Crippen LogP contribution in [-0.4, -0.2) is 26.1 Å². The van der Waals surface area contributed by atoms with Gasteiger partial charge in [0, 0.05) is 12.5 Å². The molecule has 0 saturated heterocycles. The Hall–Kier alpha value is -1.55. The van der Waals surface area contributed by atoms with Crippen molar-refractivity contribution in [2.24, 2.45) is 17.6 Å². The molecule has 4 heteroatoms. The third-order valence-electron chi connectivity index (χ3n) is 3.95. The van der Waals surface area contributed by atoms with E-state index in [2.05, 4.69) is 0 Å². The van der Waals surface area contributed by atoms with Crippen LogP contribution in [0.2, 0.25) is 0 Å². The van der Waals surface area contributed by atoms with Crippen LogP contribution in [0.25, 0.3) is 0 Å². The zero-order chi connectivity index (χ0) is 14.5. The number of carbonyl (C=O) groups is 1. The van der Waals surface area contributed by atoms with Gasteiger partial charge >= 0.3 is 0 Å². The van der Waals surface area contributed by atoms with Crippen LogP contribution in [0.15, 0.2) is 24.3 Å². The molecule has 0 heterocycles.